The van der Waals surface area contributed by atoms with Gasteiger partial charge in [-0.3, -0.25) is 4.79 Å². The van der Waals surface area contributed by atoms with Gasteiger partial charge in [-0.05, 0) is 24.6 Å². The molecule has 0 N–H and O–H groups in total. The van der Waals surface area contributed by atoms with Gasteiger partial charge in [-0.15, -0.1) is 0 Å². The fraction of sp³-hybridized carbons (Fsp3) is 0.385. The quantitative estimate of drug-likeness (QED) is 0.745. The van der Waals surface area contributed by atoms with E-state index in [9.17, 15) is 4.79 Å². The molecule has 0 aliphatic heterocycles. The second kappa shape index (κ2) is 6.50. The van der Waals surface area contributed by atoms with Crippen molar-refractivity contribution < 1.29 is 19.0 Å². The summed E-state index contributed by atoms with van der Waals surface area (Å²) in [5, 5.41) is 9.07. The Kier molecular flexibility index (Phi) is 5.00. The first-order chi connectivity index (χ1) is 8.65. The minimum absolute atomic E-state index is 0.234. The Bertz CT molecular complexity index is 442. The van der Waals surface area contributed by atoms with Gasteiger partial charge in [0.2, 0.25) is 0 Å². The zero-order valence-corrected chi connectivity index (χ0v) is 10.6. The van der Waals surface area contributed by atoms with E-state index >= 15 is 0 Å². The number of ether oxygens (including phenoxy) is 3. The van der Waals surface area contributed by atoms with E-state index in [2.05, 4.69) is 0 Å². The van der Waals surface area contributed by atoms with Gasteiger partial charge in [0.25, 0.3) is 0 Å². The highest BCUT2D eigenvalue weighted by Gasteiger charge is 2.22. The Balaban J connectivity index is 3.13. The number of hydrogen-bond donors (Lipinski definition) is 0. The molecule has 0 bridgehead atoms. The summed E-state index contributed by atoms with van der Waals surface area (Å²) in [6.45, 7) is 1.93. The highest BCUT2D eigenvalue weighted by molar-refractivity contribution is 5.81. The molecule has 1 aromatic rings. The zero-order valence-electron chi connectivity index (χ0n) is 10.6. The molecule has 0 aromatic heterocycles. The molecule has 5 heteroatoms. The molecule has 1 aromatic carbocycles. The largest absolute Gasteiger partial charge is 0.497 e. The van der Waals surface area contributed by atoms with Crippen LogP contribution < -0.4 is 9.47 Å². The van der Waals surface area contributed by atoms with Crippen LogP contribution in [0.1, 0.15) is 18.4 Å². The highest BCUT2D eigenvalue weighted by atomic mass is 16.5. The number of benzene rings is 1. The van der Waals surface area contributed by atoms with E-state index < -0.39 is 11.9 Å². The lowest BCUT2D eigenvalue weighted by atomic mass is 10.00. The average Bonchev–Trinajstić information content (AvgIpc) is 2.39. The normalized spacial score (nSPS) is 11.2. The van der Waals surface area contributed by atoms with Gasteiger partial charge in [-0.25, -0.2) is 0 Å². The van der Waals surface area contributed by atoms with Crippen LogP contribution in [0.3, 0.4) is 0 Å². The molecular weight excluding hydrogens is 234 g/mol. The molecular formula is C13H15NO4. The van der Waals surface area contributed by atoms with Gasteiger partial charge >= 0.3 is 5.97 Å². The molecule has 0 heterocycles. The van der Waals surface area contributed by atoms with Crippen LogP contribution in [0.5, 0.6) is 11.5 Å². The summed E-state index contributed by atoms with van der Waals surface area (Å²) in [6, 6.07) is 6.83. The van der Waals surface area contributed by atoms with Gasteiger partial charge < -0.3 is 14.2 Å². The molecule has 0 spiro atoms. The number of carbonyl (C=O) groups is 1. The van der Waals surface area contributed by atoms with Gasteiger partial charge in [0.1, 0.15) is 11.5 Å². The molecule has 0 aliphatic rings. The number of nitrogens with zero attached hydrogens (tertiary/aromatic N) is 1. The van der Waals surface area contributed by atoms with Crippen LogP contribution in [-0.2, 0) is 9.53 Å². The van der Waals surface area contributed by atoms with Gasteiger partial charge in [0.05, 0.1) is 26.9 Å². The monoisotopic (exact) mass is 249 g/mol. The van der Waals surface area contributed by atoms with Crippen LogP contribution in [0.2, 0.25) is 0 Å². The Labute approximate surface area is 106 Å². The van der Waals surface area contributed by atoms with Crippen LogP contribution in [-0.4, -0.2) is 26.8 Å². The van der Waals surface area contributed by atoms with Crippen molar-refractivity contribution in [2.75, 3.05) is 20.8 Å². The third-order valence-electron chi connectivity index (χ3n) is 2.36. The van der Waals surface area contributed by atoms with Gasteiger partial charge in [0, 0.05) is 6.07 Å². The van der Waals surface area contributed by atoms with Crippen molar-refractivity contribution in [3.8, 4) is 17.6 Å². The van der Waals surface area contributed by atoms with Gasteiger partial charge in [-0.2, -0.15) is 5.26 Å². The van der Waals surface area contributed by atoms with Crippen LogP contribution in [0.4, 0.5) is 0 Å². The maximum atomic E-state index is 11.6. The number of methoxy groups -OCH3 is 2. The third kappa shape index (κ3) is 3.14. The summed E-state index contributed by atoms with van der Waals surface area (Å²) in [5.41, 5.74) is 0.493. The van der Waals surface area contributed by atoms with Crippen molar-refractivity contribution in [3.05, 3.63) is 23.8 Å². The summed E-state index contributed by atoms with van der Waals surface area (Å²) >= 11 is 0. The van der Waals surface area contributed by atoms with E-state index in [1.165, 1.54) is 14.2 Å². The fourth-order valence-corrected chi connectivity index (χ4v) is 1.49. The molecule has 0 saturated heterocycles. The van der Waals surface area contributed by atoms with E-state index in [-0.39, 0.29) is 6.61 Å². The topological polar surface area (TPSA) is 68.6 Å². The highest BCUT2D eigenvalue weighted by Crippen LogP contribution is 2.27. The third-order valence-corrected chi connectivity index (χ3v) is 2.36. The molecule has 1 atom stereocenters. The molecule has 0 aliphatic carbocycles. The molecule has 96 valence electrons. The average molecular weight is 249 g/mol. The van der Waals surface area contributed by atoms with E-state index in [4.69, 9.17) is 19.5 Å². The Morgan fingerprint density at radius 2 is 1.83 bits per heavy atom. The Morgan fingerprint density at radius 3 is 2.22 bits per heavy atom. The molecule has 0 radical (unpaired) electrons. The predicted octanol–water partition coefficient (Wildman–Crippen LogP) is 1.87. The van der Waals surface area contributed by atoms with Crippen molar-refractivity contribution in [2.45, 2.75) is 12.8 Å². The molecule has 1 unspecified atom stereocenters. The maximum absolute atomic E-state index is 11.6. The number of hydrogen-bond acceptors (Lipinski definition) is 5. The zero-order chi connectivity index (χ0) is 13.5. The lowest BCUT2D eigenvalue weighted by Crippen LogP contribution is -2.14. The minimum Gasteiger partial charge on any atom is -0.497 e. The second-order valence-electron chi connectivity index (χ2n) is 3.46. The van der Waals surface area contributed by atoms with Crippen molar-refractivity contribution in [3.63, 3.8) is 0 Å². The van der Waals surface area contributed by atoms with Crippen molar-refractivity contribution in [1.82, 2.24) is 0 Å². The van der Waals surface area contributed by atoms with E-state index in [1.54, 1.807) is 25.1 Å². The first-order valence-electron chi connectivity index (χ1n) is 5.45. The van der Waals surface area contributed by atoms with Crippen LogP contribution in [0.25, 0.3) is 0 Å². The van der Waals surface area contributed by atoms with Crippen molar-refractivity contribution >= 4 is 5.97 Å². The minimum atomic E-state index is -0.978. The van der Waals surface area contributed by atoms with Crippen LogP contribution >= 0.6 is 0 Å². The first-order valence-corrected chi connectivity index (χ1v) is 5.45. The smallest absolute Gasteiger partial charge is 0.327 e. The Hall–Kier alpha value is -2.22. The number of esters is 1. The standard InChI is InChI=1S/C13H15NO4/c1-4-18-13(15)12(8-14)9-5-10(16-2)7-11(6-9)17-3/h5-7,12H,4H2,1-3H3. The molecule has 18 heavy (non-hydrogen) atoms. The van der Waals surface area contributed by atoms with Gasteiger partial charge in [0.15, 0.2) is 5.92 Å². The Morgan fingerprint density at radius 1 is 1.28 bits per heavy atom. The summed E-state index contributed by atoms with van der Waals surface area (Å²) in [4.78, 5) is 11.6. The van der Waals surface area contributed by atoms with E-state index in [0.717, 1.165) is 0 Å². The molecule has 0 saturated carbocycles. The predicted molar refractivity (Wildman–Crippen MR) is 64.5 cm³/mol. The fourth-order valence-electron chi connectivity index (χ4n) is 1.49. The molecule has 0 fully saturated rings. The maximum Gasteiger partial charge on any atom is 0.327 e. The molecule has 1 rings (SSSR count). The number of nitriles is 1. The lowest BCUT2D eigenvalue weighted by Gasteiger charge is -2.12. The van der Waals surface area contributed by atoms with Crippen LogP contribution in [0, 0.1) is 11.3 Å². The second-order valence-corrected chi connectivity index (χ2v) is 3.46. The van der Waals surface area contributed by atoms with Gasteiger partial charge in [-0.1, -0.05) is 0 Å². The van der Waals surface area contributed by atoms with Crippen LogP contribution in [0.15, 0.2) is 18.2 Å². The number of rotatable bonds is 5. The summed E-state index contributed by atoms with van der Waals surface area (Å²) in [5.74, 6) is -0.507. The first kappa shape index (κ1) is 13.8. The summed E-state index contributed by atoms with van der Waals surface area (Å²) < 4.78 is 15.0. The van der Waals surface area contributed by atoms with E-state index in [1.807, 2.05) is 6.07 Å². The SMILES string of the molecule is CCOC(=O)C(C#N)c1cc(OC)cc(OC)c1. The number of carbonyl (C=O) groups excluding carboxylic acids is 1. The molecule has 0 amide bonds. The van der Waals surface area contributed by atoms with Crippen molar-refractivity contribution in [1.29, 1.82) is 5.26 Å². The van der Waals surface area contributed by atoms with Crippen molar-refractivity contribution in [2.24, 2.45) is 0 Å². The lowest BCUT2D eigenvalue weighted by molar-refractivity contribution is -0.143. The van der Waals surface area contributed by atoms with E-state index in [0.29, 0.717) is 17.1 Å². The summed E-state index contributed by atoms with van der Waals surface area (Å²) in [7, 11) is 3.01. The molecule has 5 nitrogen and oxygen atoms in total. The summed E-state index contributed by atoms with van der Waals surface area (Å²) in [6.07, 6.45) is 0.